The highest BCUT2D eigenvalue weighted by Crippen LogP contribution is 2.31. The van der Waals surface area contributed by atoms with E-state index in [2.05, 4.69) is 4.98 Å². The largest absolute Gasteiger partial charge is 0.493 e. The molecule has 1 saturated heterocycles. The molecule has 0 radical (unpaired) electrons. The third kappa shape index (κ3) is 4.74. The van der Waals surface area contributed by atoms with E-state index in [1.807, 2.05) is 28.0 Å². The summed E-state index contributed by atoms with van der Waals surface area (Å²) in [5, 5.41) is 10.7. The predicted octanol–water partition coefficient (Wildman–Crippen LogP) is 2.29. The van der Waals surface area contributed by atoms with Crippen LogP contribution >= 0.6 is 0 Å². The van der Waals surface area contributed by atoms with Gasteiger partial charge in [0.25, 0.3) is 5.69 Å². The predicted molar refractivity (Wildman–Crippen MR) is 108 cm³/mol. The van der Waals surface area contributed by atoms with Gasteiger partial charge in [-0.25, -0.2) is 4.98 Å². The molecule has 2 aromatic rings. The summed E-state index contributed by atoms with van der Waals surface area (Å²) in [6.07, 6.45) is 2.22. The molecule has 29 heavy (non-hydrogen) atoms. The van der Waals surface area contributed by atoms with Gasteiger partial charge in [0.05, 0.1) is 19.1 Å². The van der Waals surface area contributed by atoms with Gasteiger partial charge in [-0.05, 0) is 24.1 Å². The van der Waals surface area contributed by atoms with E-state index in [0.29, 0.717) is 56.3 Å². The first kappa shape index (κ1) is 20.4. The van der Waals surface area contributed by atoms with Crippen molar-refractivity contribution < 1.29 is 19.2 Å². The van der Waals surface area contributed by atoms with E-state index in [-0.39, 0.29) is 11.6 Å². The number of ether oxygens (including phenoxy) is 2. The van der Waals surface area contributed by atoms with Gasteiger partial charge in [0.1, 0.15) is 12.0 Å². The third-order valence-electron chi connectivity index (χ3n) is 4.99. The van der Waals surface area contributed by atoms with Crippen molar-refractivity contribution in [2.24, 2.45) is 0 Å². The lowest BCUT2D eigenvalue weighted by Gasteiger charge is -2.35. The van der Waals surface area contributed by atoms with Crippen LogP contribution in [0.25, 0.3) is 0 Å². The third-order valence-corrected chi connectivity index (χ3v) is 4.99. The van der Waals surface area contributed by atoms with Crippen LogP contribution in [0.1, 0.15) is 12.0 Å². The van der Waals surface area contributed by atoms with Crippen LogP contribution in [0.5, 0.6) is 11.5 Å². The van der Waals surface area contributed by atoms with Gasteiger partial charge in [-0.3, -0.25) is 14.9 Å². The highest BCUT2D eigenvalue weighted by Gasteiger charge is 2.22. The maximum absolute atomic E-state index is 12.6. The number of anilines is 1. The Morgan fingerprint density at radius 2 is 1.90 bits per heavy atom. The fraction of sp³-hybridized carbons (Fsp3) is 0.400. The molecule has 0 spiro atoms. The Morgan fingerprint density at radius 3 is 2.48 bits per heavy atom. The van der Waals surface area contributed by atoms with Gasteiger partial charge in [0.15, 0.2) is 11.5 Å². The minimum atomic E-state index is -0.468. The number of piperazine rings is 1. The fourth-order valence-electron chi connectivity index (χ4n) is 3.41. The van der Waals surface area contributed by atoms with Crippen LogP contribution in [0.4, 0.5) is 11.5 Å². The number of hydrogen-bond acceptors (Lipinski definition) is 7. The lowest BCUT2D eigenvalue weighted by atomic mass is 10.1. The second kappa shape index (κ2) is 9.22. The Hall–Kier alpha value is -3.36. The lowest BCUT2D eigenvalue weighted by molar-refractivity contribution is -0.385. The molecule has 0 unspecified atom stereocenters. The van der Waals surface area contributed by atoms with E-state index < -0.39 is 4.92 Å². The molecule has 1 aromatic carbocycles. The molecule has 1 fully saturated rings. The van der Waals surface area contributed by atoms with E-state index in [1.54, 1.807) is 20.3 Å². The number of methoxy groups -OCH3 is 2. The molecule has 2 heterocycles. The van der Waals surface area contributed by atoms with Gasteiger partial charge >= 0.3 is 0 Å². The summed E-state index contributed by atoms with van der Waals surface area (Å²) >= 11 is 0. The van der Waals surface area contributed by atoms with E-state index in [9.17, 15) is 14.9 Å². The standard InChI is InChI=1S/C20H24N4O5/c1-28-17-5-3-4-15(20(17)29-2)6-9-19(25)23-12-10-22(11-13-23)18-8-7-16(14-21-18)24(26)27/h3-5,7-8,14H,6,9-13H2,1-2H3. The van der Waals surface area contributed by atoms with Gasteiger partial charge in [-0.1, -0.05) is 12.1 Å². The summed E-state index contributed by atoms with van der Waals surface area (Å²) in [5.41, 5.74) is 0.907. The molecule has 1 aliphatic heterocycles. The van der Waals surface area contributed by atoms with Crippen LogP contribution < -0.4 is 14.4 Å². The van der Waals surface area contributed by atoms with Gasteiger partial charge in [-0.15, -0.1) is 0 Å². The molecule has 154 valence electrons. The van der Waals surface area contributed by atoms with Crippen molar-refractivity contribution in [3.8, 4) is 11.5 Å². The molecule has 1 aliphatic rings. The number of carbonyl (C=O) groups is 1. The number of amides is 1. The molecule has 9 heteroatoms. The quantitative estimate of drug-likeness (QED) is 0.519. The average molecular weight is 400 g/mol. The highest BCUT2D eigenvalue weighted by molar-refractivity contribution is 5.77. The van der Waals surface area contributed by atoms with Gasteiger partial charge < -0.3 is 19.3 Å². The zero-order valence-corrected chi connectivity index (χ0v) is 16.5. The summed E-state index contributed by atoms with van der Waals surface area (Å²) in [7, 11) is 3.18. The number of aromatic nitrogens is 1. The summed E-state index contributed by atoms with van der Waals surface area (Å²) < 4.78 is 10.7. The second-order valence-corrected chi connectivity index (χ2v) is 6.65. The van der Waals surface area contributed by atoms with Gasteiger partial charge in [0, 0.05) is 38.7 Å². The smallest absolute Gasteiger partial charge is 0.287 e. The second-order valence-electron chi connectivity index (χ2n) is 6.65. The number of benzene rings is 1. The number of hydrogen-bond donors (Lipinski definition) is 0. The topological polar surface area (TPSA) is 98.0 Å². The molecule has 0 saturated carbocycles. The van der Waals surface area contributed by atoms with Gasteiger partial charge in [-0.2, -0.15) is 0 Å². The Balaban J connectivity index is 1.53. The first-order chi connectivity index (χ1) is 14.0. The van der Waals surface area contributed by atoms with E-state index in [1.165, 1.54) is 12.3 Å². The Morgan fingerprint density at radius 1 is 1.14 bits per heavy atom. The minimum absolute atomic E-state index is 0.0319. The molecule has 0 bridgehead atoms. The molecule has 0 N–H and O–H groups in total. The van der Waals surface area contributed by atoms with Gasteiger partial charge in [0.2, 0.25) is 5.91 Å². The molecule has 3 rings (SSSR count). The summed E-state index contributed by atoms with van der Waals surface area (Å²) in [5.74, 6) is 2.09. The zero-order valence-electron chi connectivity index (χ0n) is 16.5. The number of nitrogens with zero attached hydrogens (tertiary/aromatic N) is 4. The minimum Gasteiger partial charge on any atom is -0.493 e. The molecular weight excluding hydrogens is 376 g/mol. The molecule has 0 aliphatic carbocycles. The van der Waals surface area contributed by atoms with Crippen molar-refractivity contribution in [3.63, 3.8) is 0 Å². The number of para-hydroxylation sites is 1. The van der Waals surface area contributed by atoms with Crippen LogP contribution in [0.15, 0.2) is 36.5 Å². The Kier molecular flexibility index (Phi) is 6.48. The maximum Gasteiger partial charge on any atom is 0.287 e. The van der Waals surface area contributed by atoms with E-state index in [4.69, 9.17) is 9.47 Å². The SMILES string of the molecule is COc1cccc(CCC(=O)N2CCN(c3ccc([N+](=O)[O-])cn3)CC2)c1OC. The molecule has 1 amide bonds. The molecule has 9 nitrogen and oxygen atoms in total. The van der Waals surface area contributed by atoms with Crippen LogP contribution in [-0.2, 0) is 11.2 Å². The Labute approximate surface area is 169 Å². The summed E-state index contributed by atoms with van der Waals surface area (Å²) in [6.45, 7) is 2.46. The van der Waals surface area contributed by atoms with Crippen LogP contribution in [-0.4, -0.2) is 61.1 Å². The molecule has 1 aromatic heterocycles. The van der Waals surface area contributed by atoms with E-state index >= 15 is 0 Å². The zero-order chi connectivity index (χ0) is 20.8. The van der Waals surface area contributed by atoms with Crippen molar-refractivity contribution in [1.82, 2.24) is 9.88 Å². The first-order valence-corrected chi connectivity index (χ1v) is 9.36. The van der Waals surface area contributed by atoms with Crippen LogP contribution in [0, 0.1) is 10.1 Å². The highest BCUT2D eigenvalue weighted by atomic mass is 16.6. The first-order valence-electron chi connectivity index (χ1n) is 9.36. The lowest BCUT2D eigenvalue weighted by Crippen LogP contribution is -2.49. The van der Waals surface area contributed by atoms with E-state index in [0.717, 1.165) is 5.56 Å². The summed E-state index contributed by atoms with van der Waals surface area (Å²) in [6, 6.07) is 8.74. The fourth-order valence-corrected chi connectivity index (χ4v) is 3.41. The average Bonchev–Trinajstić information content (AvgIpc) is 2.77. The number of rotatable bonds is 7. The summed E-state index contributed by atoms with van der Waals surface area (Å²) in [4.78, 5) is 30.9. The van der Waals surface area contributed by atoms with Crippen molar-refractivity contribution in [1.29, 1.82) is 0 Å². The Bertz CT molecular complexity index is 864. The molecule has 0 atom stereocenters. The molecular formula is C20H24N4O5. The number of pyridine rings is 1. The van der Waals surface area contributed by atoms with Crippen molar-refractivity contribution in [2.75, 3.05) is 45.3 Å². The number of carbonyl (C=O) groups excluding carboxylic acids is 1. The van der Waals surface area contributed by atoms with Crippen LogP contribution in [0.3, 0.4) is 0 Å². The van der Waals surface area contributed by atoms with Crippen LogP contribution in [0.2, 0.25) is 0 Å². The van der Waals surface area contributed by atoms with Crippen molar-refractivity contribution in [2.45, 2.75) is 12.8 Å². The number of aryl methyl sites for hydroxylation is 1. The van der Waals surface area contributed by atoms with Crippen molar-refractivity contribution >= 4 is 17.4 Å². The maximum atomic E-state index is 12.6. The number of nitro groups is 1. The van der Waals surface area contributed by atoms with Crippen molar-refractivity contribution in [3.05, 3.63) is 52.2 Å². The monoisotopic (exact) mass is 400 g/mol. The normalized spacial score (nSPS) is 13.9.